The molecule has 0 unspecified atom stereocenters. The molecule has 7 heteroatoms. The van der Waals surface area contributed by atoms with Gasteiger partial charge in [0.25, 0.3) is 8.32 Å². The lowest BCUT2D eigenvalue weighted by Crippen LogP contribution is -2.66. The molecule has 2 aromatic rings. The van der Waals surface area contributed by atoms with Gasteiger partial charge < -0.3 is 18.7 Å². The van der Waals surface area contributed by atoms with E-state index in [-0.39, 0.29) is 22.5 Å². The van der Waals surface area contributed by atoms with Crippen molar-refractivity contribution in [2.24, 2.45) is 0 Å². The Morgan fingerprint density at radius 3 is 1.86 bits per heavy atom. The zero-order valence-corrected chi connectivity index (χ0v) is 25.2. The molecular formula is C29H44O5Si2. The van der Waals surface area contributed by atoms with Crippen molar-refractivity contribution in [2.45, 2.75) is 95.9 Å². The standard InChI is InChI=1S/C29H44O5Si2/c1-28(2,3)35(7,8)34-25-21-26(31)33-27(25)24(30)19-20-32-36(29(4,5)6,22-15-11-9-12-16-22)23-17-13-10-14-18-23/h9-18,24-25,27,30H,19-21H2,1-8H3/t24-,25-,27+/m1/s1. The lowest BCUT2D eigenvalue weighted by molar-refractivity contribution is -0.146. The summed E-state index contributed by atoms with van der Waals surface area (Å²) in [5.74, 6) is -0.310. The Kier molecular flexibility index (Phi) is 8.73. The smallest absolute Gasteiger partial charge is 0.308 e. The topological polar surface area (TPSA) is 65.0 Å². The van der Waals surface area contributed by atoms with Crippen LogP contribution in [0.25, 0.3) is 0 Å². The van der Waals surface area contributed by atoms with Gasteiger partial charge in [0.05, 0.1) is 18.6 Å². The van der Waals surface area contributed by atoms with E-state index in [1.54, 1.807) is 0 Å². The van der Waals surface area contributed by atoms with Crippen molar-refractivity contribution in [3.63, 3.8) is 0 Å². The maximum Gasteiger partial charge on any atom is 0.308 e. The third-order valence-electron chi connectivity index (χ3n) is 7.78. The van der Waals surface area contributed by atoms with E-state index in [4.69, 9.17) is 13.6 Å². The second-order valence-corrected chi connectivity index (χ2v) is 21.5. The summed E-state index contributed by atoms with van der Waals surface area (Å²) < 4.78 is 19.0. The predicted molar refractivity (Wildman–Crippen MR) is 151 cm³/mol. The maximum atomic E-state index is 12.2. The molecule has 1 aliphatic heterocycles. The van der Waals surface area contributed by atoms with Gasteiger partial charge in [0.1, 0.15) is 0 Å². The van der Waals surface area contributed by atoms with Crippen molar-refractivity contribution in [3.05, 3.63) is 60.7 Å². The first kappa shape index (κ1) is 28.8. The third kappa shape index (κ3) is 6.02. The highest BCUT2D eigenvalue weighted by molar-refractivity contribution is 6.99. The number of hydrogen-bond donors (Lipinski definition) is 1. The maximum absolute atomic E-state index is 12.2. The summed E-state index contributed by atoms with van der Waals surface area (Å²) in [6, 6.07) is 20.9. The van der Waals surface area contributed by atoms with Crippen LogP contribution in [0.15, 0.2) is 60.7 Å². The number of carbonyl (C=O) groups is 1. The molecule has 3 atom stereocenters. The van der Waals surface area contributed by atoms with E-state index in [1.807, 2.05) is 12.1 Å². The summed E-state index contributed by atoms with van der Waals surface area (Å²) in [5.41, 5.74) is 0. The number of ether oxygens (including phenoxy) is 1. The molecule has 0 aromatic heterocycles. The quantitative estimate of drug-likeness (QED) is 0.366. The molecule has 5 nitrogen and oxygen atoms in total. The van der Waals surface area contributed by atoms with Gasteiger partial charge in [-0.2, -0.15) is 0 Å². The Labute approximate surface area is 219 Å². The monoisotopic (exact) mass is 528 g/mol. The van der Waals surface area contributed by atoms with E-state index in [1.165, 1.54) is 10.4 Å². The van der Waals surface area contributed by atoms with Gasteiger partial charge >= 0.3 is 5.97 Å². The van der Waals surface area contributed by atoms with Crippen molar-refractivity contribution in [2.75, 3.05) is 6.61 Å². The minimum Gasteiger partial charge on any atom is -0.457 e. The molecule has 198 valence electrons. The first-order chi connectivity index (χ1) is 16.7. The highest BCUT2D eigenvalue weighted by Crippen LogP contribution is 2.40. The molecule has 0 spiro atoms. The van der Waals surface area contributed by atoms with Crippen LogP contribution < -0.4 is 10.4 Å². The highest BCUT2D eigenvalue weighted by atomic mass is 28.4. The summed E-state index contributed by atoms with van der Waals surface area (Å²) in [5, 5.41) is 13.4. The van der Waals surface area contributed by atoms with Crippen molar-refractivity contribution in [3.8, 4) is 0 Å². The van der Waals surface area contributed by atoms with Gasteiger partial charge in [-0.3, -0.25) is 4.79 Å². The molecule has 0 radical (unpaired) electrons. The molecule has 0 aliphatic carbocycles. The van der Waals surface area contributed by atoms with Gasteiger partial charge in [-0.05, 0) is 40.0 Å². The van der Waals surface area contributed by atoms with Gasteiger partial charge in [-0.1, -0.05) is 102 Å². The Bertz CT molecular complexity index is 956. The zero-order valence-electron chi connectivity index (χ0n) is 23.2. The molecule has 0 bridgehead atoms. The Balaban J connectivity index is 1.82. The molecule has 36 heavy (non-hydrogen) atoms. The predicted octanol–water partition coefficient (Wildman–Crippen LogP) is 5.02. The number of benzene rings is 2. The fourth-order valence-corrected chi connectivity index (χ4v) is 10.7. The minimum absolute atomic E-state index is 0.000526. The van der Waals surface area contributed by atoms with Crippen LogP contribution in [0, 0.1) is 0 Å². The molecule has 1 fully saturated rings. The molecule has 1 aliphatic rings. The number of aliphatic hydroxyl groups excluding tert-OH is 1. The molecule has 1 saturated heterocycles. The number of carbonyl (C=O) groups excluding carboxylic acids is 1. The van der Waals surface area contributed by atoms with E-state index in [2.05, 4.69) is 103 Å². The van der Waals surface area contributed by atoms with Crippen LogP contribution in [0.2, 0.25) is 23.2 Å². The van der Waals surface area contributed by atoms with Crippen LogP contribution in [-0.2, 0) is 18.4 Å². The Morgan fingerprint density at radius 1 is 0.917 bits per heavy atom. The lowest BCUT2D eigenvalue weighted by Gasteiger charge is -2.43. The minimum atomic E-state index is -2.69. The second-order valence-electron chi connectivity index (χ2n) is 12.4. The van der Waals surface area contributed by atoms with Crippen molar-refractivity contribution in [1.29, 1.82) is 0 Å². The molecular weight excluding hydrogens is 484 g/mol. The Morgan fingerprint density at radius 2 is 1.42 bits per heavy atom. The second kappa shape index (κ2) is 10.9. The van der Waals surface area contributed by atoms with Crippen molar-refractivity contribution >= 4 is 33.0 Å². The third-order valence-corrected chi connectivity index (χ3v) is 17.3. The van der Waals surface area contributed by atoms with E-state index in [0.717, 1.165) is 0 Å². The summed E-state index contributed by atoms with van der Waals surface area (Å²) in [7, 11) is -4.82. The van der Waals surface area contributed by atoms with Crippen LogP contribution in [0.4, 0.5) is 0 Å². The van der Waals surface area contributed by atoms with Crippen LogP contribution in [-0.4, -0.2) is 52.6 Å². The summed E-state index contributed by atoms with van der Waals surface area (Å²) in [6.45, 7) is 17.9. The zero-order chi connectivity index (χ0) is 26.8. The van der Waals surface area contributed by atoms with Crippen LogP contribution in [0.5, 0.6) is 0 Å². The van der Waals surface area contributed by atoms with Crippen molar-refractivity contribution < 1.29 is 23.5 Å². The fourth-order valence-electron chi connectivity index (χ4n) is 4.81. The van der Waals surface area contributed by atoms with Gasteiger partial charge in [0.15, 0.2) is 14.4 Å². The largest absolute Gasteiger partial charge is 0.457 e. The summed E-state index contributed by atoms with van der Waals surface area (Å²) in [6.07, 6.45) is -1.41. The van der Waals surface area contributed by atoms with E-state index in [9.17, 15) is 9.90 Å². The first-order valence-electron chi connectivity index (χ1n) is 13.0. The average Bonchev–Trinajstić information content (AvgIpc) is 3.15. The average molecular weight is 529 g/mol. The summed E-state index contributed by atoms with van der Waals surface area (Å²) in [4.78, 5) is 12.2. The van der Waals surface area contributed by atoms with Gasteiger partial charge in [0.2, 0.25) is 0 Å². The SMILES string of the molecule is CC(C)(C)[Si](C)(C)O[C@@H]1CC(=O)O[C@H]1[C@H](O)CCO[Si](c1ccccc1)(c1ccccc1)C(C)(C)C. The van der Waals surface area contributed by atoms with Crippen LogP contribution in [0.1, 0.15) is 54.4 Å². The number of rotatable bonds is 9. The molecule has 1 N–H and O–H groups in total. The van der Waals surface area contributed by atoms with E-state index >= 15 is 0 Å². The highest BCUT2D eigenvalue weighted by Gasteiger charge is 2.51. The molecule has 0 amide bonds. The van der Waals surface area contributed by atoms with Gasteiger partial charge in [-0.25, -0.2) is 0 Å². The Hall–Kier alpha value is -1.78. The molecule has 3 rings (SSSR count). The van der Waals surface area contributed by atoms with Gasteiger partial charge in [-0.15, -0.1) is 0 Å². The fraction of sp³-hybridized carbons (Fsp3) is 0.552. The molecule has 0 saturated carbocycles. The van der Waals surface area contributed by atoms with Crippen molar-refractivity contribution in [1.82, 2.24) is 0 Å². The van der Waals surface area contributed by atoms with E-state index < -0.39 is 34.9 Å². The van der Waals surface area contributed by atoms with Crippen LogP contribution >= 0.6 is 0 Å². The molecule has 2 aromatic carbocycles. The number of esters is 1. The summed E-state index contributed by atoms with van der Waals surface area (Å²) >= 11 is 0. The van der Waals surface area contributed by atoms with E-state index in [0.29, 0.717) is 13.0 Å². The normalized spacial score (nSPS) is 20.3. The lowest BCUT2D eigenvalue weighted by atomic mass is 10.1. The van der Waals surface area contributed by atoms with Crippen LogP contribution in [0.3, 0.4) is 0 Å². The van der Waals surface area contributed by atoms with Gasteiger partial charge in [0, 0.05) is 6.61 Å². The first-order valence-corrected chi connectivity index (χ1v) is 17.8. The number of cyclic esters (lactones) is 1. The number of hydrogen-bond acceptors (Lipinski definition) is 5. The number of aliphatic hydroxyl groups is 1. The molecule has 1 heterocycles.